The third-order valence-electron chi connectivity index (χ3n) is 3.08. The zero-order valence-electron chi connectivity index (χ0n) is 8.86. The minimum absolute atomic E-state index is 0.0752. The summed E-state index contributed by atoms with van der Waals surface area (Å²) in [7, 11) is 1.86. The van der Waals surface area contributed by atoms with E-state index in [9.17, 15) is 4.79 Å². The van der Waals surface area contributed by atoms with Crippen molar-refractivity contribution < 1.29 is 4.79 Å². The number of nitrogens with two attached hydrogens (primary N) is 1. The topological polar surface area (TPSA) is 72.9 Å². The van der Waals surface area contributed by atoms with Crippen LogP contribution in [0.3, 0.4) is 0 Å². The molecular formula is C10H16N4O. The Labute approximate surface area is 88.6 Å². The van der Waals surface area contributed by atoms with Crippen molar-refractivity contribution in [3.05, 3.63) is 18.0 Å². The van der Waals surface area contributed by atoms with Crippen molar-refractivity contribution in [1.82, 2.24) is 15.1 Å². The Hall–Kier alpha value is -1.36. The summed E-state index contributed by atoms with van der Waals surface area (Å²) in [6.45, 7) is 0.974. The Balaban J connectivity index is 1.89. The van der Waals surface area contributed by atoms with E-state index < -0.39 is 0 Å². The zero-order chi connectivity index (χ0) is 10.9. The highest BCUT2D eigenvalue weighted by molar-refractivity contribution is 5.85. The van der Waals surface area contributed by atoms with Crippen LogP contribution in [0.2, 0.25) is 0 Å². The van der Waals surface area contributed by atoms with Crippen LogP contribution in [0.15, 0.2) is 12.3 Å². The Morgan fingerprint density at radius 3 is 2.93 bits per heavy atom. The lowest BCUT2D eigenvalue weighted by molar-refractivity contribution is -0.126. The van der Waals surface area contributed by atoms with Crippen molar-refractivity contribution in [1.29, 1.82) is 0 Å². The van der Waals surface area contributed by atoms with E-state index in [4.69, 9.17) is 5.73 Å². The first-order chi connectivity index (χ1) is 7.18. The molecule has 0 atom stereocenters. The predicted octanol–water partition coefficient (Wildman–Crippen LogP) is -0.225. The van der Waals surface area contributed by atoms with E-state index >= 15 is 0 Å². The molecule has 1 aromatic rings. The van der Waals surface area contributed by atoms with Gasteiger partial charge in [-0.05, 0) is 18.9 Å². The van der Waals surface area contributed by atoms with Gasteiger partial charge in [-0.15, -0.1) is 0 Å². The van der Waals surface area contributed by atoms with Crippen molar-refractivity contribution >= 4 is 5.91 Å². The van der Waals surface area contributed by atoms with Gasteiger partial charge in [0.25, 0.3) is 0 Å². The van der Waals surface area contributed by atoms with E-state index in [0.717, 1.165) is 18.5 Å². The molecule has 1 aliphatic carbocycles. The molecule has 82 valence electrons. The zero-order valence-corrected chi connectivity index (χ0v) is 8.86. The molecule has 2 rings (SSSR count). The molecule has 1 aliphatic rings. The fourth-order valence-corrected chi connectivity index (χ4v) is 1.61. The monoisotopic (exact) mass is 208 g/mol. The van der Waals surface area contributed by atoms with Crippen LogP contribution in [0.1, 0.15) is 18.5 Å². The normalized spacial score (nSPS) is 17.5. The van der Waals surface area contributed by atoms with Gasteiger partial charge in [-0.1, -0.05) is 0 Å². The number of aromatic nitrogens is 2. The molecule has 0 aliphatic heterocycles. The minimum atomic E-state index is -0.265. The average Bonchev–Trinajstić information content (AvgIpc) is 2.94. The molecule has 0 unspecified atom stereocenters. The van der Waals surface area contributed by atoms with Gasteiger partial charge in [0.15, 0.2) is 0 Å². The fourth-order valence-electron chi connectivity index (χ4n) is 1.61. The maximum atomic E-state index is 11.7. The van der Waals surface area contributed by atoms with Crippen LogP contribution in [0.4, 0.5) is 0 Å². The minimum Gasteiger partial charge on any atom is -0.350 e. The maximum absolute atomic E-state index is 11.7. The van der Waals surface area contributed by atoms with Gasteiger partial charge in [0.2, 0.25) is 5.91 Å². The van der Waals surface area contributed by atoms with Gasteiger partial charge in [-0.2, -0.15) is 5.10 Å². The van der Waals surface area contributed by atoms with E-state index in [-0.39, 0.29) is 11.3 Å². The number of nitrogens with one attached hydrogen (secondary N) is 1. The second-order valence-electron chi connectivity index (χ2n) is 4.11. The molecule has 0 aromatic carbocycles. The third-order valence-corrected chi connectivity index (χ3v) is 3.08. The van der Waals surface area contributed by atoms with Crippen molar-refractivity contribution in [2.45, 2.75) is 19.4 Å². The standard InChI is InChI=1S/C10H16N4O/c1-14-8(2-5-13-14)6-12-9(15)10(7-11)3-4-10/h2,5H,3-4,6-7,11H2,1H3,(H,12,15). The largest absolute Gasteiger partial charge is 0.350 e. The highest BCUT2D eigenvalue weighted by Crippen LogP contribution is 2.44. The van der Waals surface area contributed by atoms with Gasteiger partial charge in [0, 0.05) is 19.8 Å². The summed E-state index contributed by atoms with van der Waals surface area (Å²) in [5, 5.41) is 6.93. The average molecular weight is 208 g/mol. The Morgan fingerprint density at radius 2 is 2.47 bits per heavy atom. The Morgan fingerprint density at radius 1 is 1.73 bits per heavy atom. The first-order valence-electron chi connectivity index (χ1n) is 5.13. The summed E-state index contributed by atoms with van der Waals surface area (Å²) in [4.78, 5) is 11.7. The van der Waals surface area contributed by atoms with Crippen LogP contribution < -0.4 is 11.1 Å². The molecule has 0 bridgehead atoms. The van der Waals surface area contributed by atoms with Crippen LogP contribution in [-0.2, 0) is 18.4 Å². The van der Waals surface area contributed by atoms with Crippen LogP contribution >= 0.6 is 0 Å². The number of nitrogens with zero attached hydrogens (tertiary/aromatic N) is 2. The van der Waals surface area contributed by atoms with Crippen molar-refractivity contribution in [3.8, 4) is 0 Å². The molecule has 1 amide bonds. The highest BCUT2D eigenvalue weighted by atomic mass is 16.2. The van der Waals surface area contributed by atoms with E-state index in [1.54, 1.807) is 10.9 Å². The van der Waals surface area contributed by atoms with Crippen LogP contribution in [0, 0.1) is 5.41 Å². The lowest BCUT2D eigenvalue weighted by Gasteiger charge is -2.12. The molecule has 1 saturated carbocycles. The van der Waals surface area contributed by atoms with Crippen molar-refractivity contribution in [2.75, 3.05) is 6.54 Å². The maximum Gasteiger partial charge on any atom is 0.227 e. The number of aryl methyl sites for hydroxylation is 1. The van der Waals surface area contributed by atoms with Gasteiger partial charge in [0.1, 0.15) is 0 Å². The predicted molar refractivity (Wildman–Crippen MR) is 55.8 cm³/mol. The lowest BCUT2D eigenvalue weighted by atomic mass is 10.1. The molecule has 0 radical (unpaired) electrons. The molecule has 5 heteroatoms. The second kappa shape index (κ2) is 3.66. The third kappa shape index (κ3) is 1.87. The summed E-state index contributed by atoms with van der Waals surface area (Å²) in [6.07, 6.45) is 3.55. The number of carbonyl (C=O) groups excluding carboxylic acids is 1. The fraction of sp³-hybridized carbons (Fsp3) is 0.600. The summed E-state index contributed by atoms with van der Waals surface area (Å²) in [5.74, 6) is 0.0752. The van der Waals surface area contributed by atoms with Crippen molar-refractivity contribution in [3.63, 3.8) is 0 Å². The molecule has 5 nitrogen and oxygen atoms in total. The lowest BCUT2D eigenvalue weighted by Crippen LogP contribution is -2.36. The second-order valence-corrected chi connectivity index (χ2v) is 4.11. The first kappa shape index (κ1) is 10.2. The molecule has 1 aromatic heterocycles. The smallest absolute Gasteiger partial charge is 0.227 e. The Kier molecular flexibility index (Phi) is 2.48. The van der Waals surface area contributed by atoms with Gasteiger partial charge in [-0.25, -0.2) is 0 Å². The molecule has 3 N–H and O–H groups in total. The number of amides is 1. The van der Waals surface area contributed by atoms with Crippen LogP contribution in [-0.4, -0.2) is 22.2 Å². The van der Waals surface area contributed by atoms with Gasteiger partial charge < -0.3 is 11.1 Å². The molecular weight excluding hydrogens is 192 g/mol. The van der Waals surface area contributed by atoms with E-state index in [0.29, 0.717) is 13.1 Å². The Bertz CT molecular complexity index is 367. The van der Waals surface area contributed by atoms with E-state index in [1.165, 1.54) is 0 Å². The number of hydrogen-bond acceptors (Lipinski definition) is 3. The number of rotatable bonds is 4. The molecule has 1 heterocycles. The summed E-state index contributed by atoms with van der Waals surface area (Å²) in [5.41, 5.74) is 6.30. The SMILES string of the molecule is Cn1nccc1CNC(=O)C1(CN)CC1. The van der Waals surface area contributed by atoms with Gasteiger partial charge in [0.05, 0.1) is 17.7 Å². The number of hydrogen-bond donors (Lipinski definition) is 2. The van der Waals surface area contributed by atoms with Crippen molar-refractivity contribution in [2.24, 2.45) is 18.2 Å². The molecule has 1 fully saturated rings. The van der Waals surface area contributed by atoms with E-state index in [2.05, 4.69) is 10.4 Å². The summed E-state index contributed by atoms with van der Waals surface area (Å²) >= 11 is 0. The van der Waals surface area contributed by atoms with Crippen LogP contribution in [0.25, 0.3) is 0 Å². The van der Waals surface area contributed by atoms with E-state index in [1.807, 2.05) is 13.1 Å². The molecule has 0 saturated heterocycles. The quantitative estimate of drug-likeness (QED) is 0.718. The van der Waals surface area contributed by atoms with Gasteiger partial charge >= 0.3 is 0 Å². The first-order valence-corrected chi connectivity index (χ1v) is 5.13. The van der Waals surface area contributed by atoms with Crippen LogP contribution in [0.5, 0.6) is 0 Å². The number of carbonyl (C=O) groups is 1. The summed E-state index contributed by atoms with van der Waals surface area (Å²) < 4.78 is 1.75. The highest BCUT2D eigenvalue weighted by Gasteiger charge is 2.48. The molecule has 15 heavy (non-hydrogen) atoms. The van der Waals surface area contributed by atoms with Gasteiger partial charge in [-0.3, -0.25) is 9.48 Å². The summed E-state index contributed by atoms with van der Waals surface area (Å²) in [6, 6.07) is 1.89. The molecule has 0 spiro atoms.